The molecule has 0 radical (unpaired) electrons. The molecular formula is C12H17Cl3N2OS. The largest absolute Gasteiger partial charge is 0.334 e. The number of thiophene rings is 1. The first-order valence-corrected chi connectivity index (χ1v) is 7.67. The van der Waals surface area contributed by atoms with Crippen LogP contribution in [0.3, 0.4) is 0 Å². The van der Waals surface area contributed by atoms with Crippen LogP contribution in [0, 0.1) is 0 Å². The minimum absolute atomic E-state index is 0. The molecule has 1 aliphatic rings. The molecule has 0 aliphatic carbocycles. The molecule has 1 aliphatic heterocycles. The third-order valence-electron chi connectivity index (χ3n) is 3.09. The Labute approximate surface area is 133 Å². The first kappa shape index (κ1) is 17.1. The van der Waals surface area contributed by atoms with Crippen molar-refractivity contribution in [1.82, 2.24) is 10.2 Å². The molecule has 1 amide bonds. The fourth-order valence-corrected chi connectivity index (χ4v) is 3.69. The number of nitrogens with one attached hydrogen (secondary N) is 1. The van der Waals surface area contributed by atoms with Crippen LogP contribution in [0.5, 0.6) is 0 Å². The first-order valence-electron chi connectivity index (χ1n) is 6.10. The van der Waals surface area contributed by atoms with E-state index in [1.54, 1.807) is 6.07 Å². The van der Waals surface area contributed by atoms with Crippen molar-refractivity contribution in [2.45, 2.75) is 25.8 Å². The number of halogens is 3. The van der Waals surface area contributed by atoms with Crippen LogP contribution in [0.2, 0.25) is 8.67 Å². The molecule has 2 heterocycles. The van der Waals surface area contributed by atoms with Crippen molar-refractivity contribution in [3.63, 3.8) is 0 Å². The van der Waals surface area contributed by atoms with E-state index in [-0.39, 0.29) is 24.4 Å². The number of hydrogen-bond donors (Lipinski definition) is 1. The van der Waals surface area contributed by atoms with Gasteiger partial charge in [-0.05, 0) is 25.5 Å². The van der Waals surface area contributed by atoms with Crippen LogP contribution in [0.15, 0.2) is 6.07 Å². The van der Waals surface area contributed by atoms with E-state index in [0.29, 0.717) is 14.2 Å². The van der Waals surface area contributed by atoms with Crippen molar-refractivity contribution in [1.29, 1.82) is 0 Å². The predicted octanol–water partition coefficient (Wildman–Crippen LogP) is 3.69. The van der Waals surface area contributed by atoms with Crippen molar-refractivity contribution in [2.24, 2.45) is 0 Å². The average molecular weight is 344 g/mol. The van der Waals surface area contributed by atoms with Crippen LogP contribution in [-0.2, 0) is 0 Å². The highest BCUT2D eigenvalue weighted by molar-refractivity contribution is 7.20. The summed E-state index contributed by atoms with van der Waals surface area (Å²) in [4.78, 5) is 14.4. The molecular weight excluding hydrogens is 327 g/mol. The summed E-state index contributed by atoms with van der Waals surface area (Å²) in [7, 11) is 0. The molecule has 1 saturated heterocycles. The second-order valence-corrected chi connectivity index (χ2v) is 6.67. The number of carbonyl (C=O) groups is 1. The maximum atomic E-state index is 12.5. The highest BCUT2D eigenvalue weighted by Crippen LogP contribution is 2.32. The molecule has 0 saturated carbocycles. The summed E-state index contributed by atoms with van der Waals surface area (Å²) in [5.41, 5.74) is 0.534. The molecule has 0 bridgehead atoms. The lowest BCUT2D eigenvalue weighted by atomic mass is 10.1. The van der Waals surface area contributed by atoms with Crippen LogP contribution in [0.25, 0.3) is 0 Å². The zero-order valence-corrected chi connectivity index (χ0v) is 13.8. The Balaban J connectivity index is 0.00000180. The Hall–Kier alpha value is -0.000000000000000167. The van der Waals surface area contributed by atoms with E-state index in [4.69, 9.17) is 23.2 Å². The van der Waals surface area contributed by atoms with Gasteiger partial charge in [0.2, 0.25) is 0 Å². The second kappa shape index (κ2) is 7.70. The van der Waals surface area contributed by atoms with Gasteiger partial charge in [0.05, 0.1) is 9.90 Å². The molecule has 7 heteroatoms. The van der Waals surface area contributed by atoms with Gasteiger partial charge in [0.1, 0.15) is 4.34 Å². The van der Waals surface area contributed by atoms with E-state index < -0.39 is 0 Å². The summed E-state index contributed by atoms with van der Waals surface area (Å²) < 4.78 is 1.04. The van der Waals surface area contributed by atoms with Gasteiger partial charge in [-0.15, -0.1) is 23.7 Å². The molecule has 108 valence electrons. The lowest BCUT2D eigenvalue weighted by Gasteiger charge is -2.28. The van der Waals surface area contributed by atoms with Gasteiger partial charge in [0.25, 0.3) is 5.91 Å². The molecule has 1 atom stereocenters. The maximum Gasteiger partial charge on any atom is 0.256 e. The van der Waals surface area contributed by atoms with Gasteiger partial charge in [0, 0.05) is 19.1 Å². The zero-order chi connectivity index (χ0) is 13.1. The lowest BCUT2D eigenvalue weighted by Crippen LogP contribution is -2.42. The minimum Gasteiger partial charge on any atom is -0.334 e. The van der Waals surface area contributed by atoms with E-state index >= 15 is 0 Å². The molecule has 19 heavy (non-hydrogen) atoms. The Morgan fingerprint density at radius 3 is 2.79 bits per heavy atom. The van der Waals surface area contributed by atoms with Crippen LogP contribution in [-0.4, -0.2) is 36.5 Å². The van der Waals surface area contributed by atoms with Gasteiger partial charge in [0.15, 0.2) is 0 Å². The summed E-state index contributed by atoms with van der Waals surface area (Å²) >= 11 is 13.2. The van der Waals surface area contributed by atoms with E-state index in [1.165, 1.54) is 11.3 Å². The van der Waals surface area contributed by atoms with Gasteiger partial charge in [-0.25, -0.2) is 0 Å². The fraction of sp³-hybridized carbons (Fsp3) is 0.583. The maximum absolute atomic E-state index is 12.5. The number of nitrogens with zero attached hydrogens (tertiary/aromatic N) is 1. The molecule has 1 fully saturated rings. The first-order chi connectivity index (χ1) is 8.63. The second-order valence-electron chi connectivity index (χ2n) is 4.38. The Morgan fingerprint density at radius 2 is 2.32 bits per heavy atom. The van der Waals surface area contributed by atoms with Gasteiger partial charge < -0.3 is 10.2 Å². The number of carbonyl (C=O) groups excluding carboxylic acids is 1. The SMILES string of the molecule is CCCN(C(=O)c1cc(Cl)sc1Cl)C1CCNC1.Cl. The van der Waals surface area contributed by atoms with Crippen molar-refractivity contribution < 1.29 is 4.79 Å². The Morgan fingerprint density at radius 1 is 1.58 bits per heavy atom. The molecule has 0 spiro atoms. The van der Waals surface area contributed by atoms with Crippen molar-refractivity contribution >= 4 is 52.9 Å². The zero-order valence-electron chi connectivity index (χ0n) is 10.6. The van der Waals surface area contributed by atoms with E-state index in [2.05, 4.69) is 12.2 Å². The Kier molecular flexibility index (Phi) is 6.91. The summed E-state index contributed by atoms with van der Waals surface area (Å²) in [5.74, 6) is -0.00120. The highest BCUT2D eigenvalue weighted by Gasteiger charge is 2.28. The van der Waals surface area contributed by atoms with Crippen LogP contribution < -0.4 is 5.32 Å². The van der Waals surface area contributed by atoms with E-state index in [0.717, 1.165) is 32.5 Å². The predicted molar refractivity (Wildman–Crippen MR) is 84.2 cm³/mol. The smallest absolute Gasteiger partial charge is 0.256 e. The third kappa shape index (κ3) is 3.99. The molecule has 1 N–H and O–H groups in total. The van der Waals surface area contributed by atoms with Crippen molar-refractivity contribution in [3.8, 4) is 0 Å². The van der Waals surface area contributed by atoms with Crippen molar-refractivity contribution in [2.75, 3.05) is 19.6 Å². The molecule has 0 aromatic carbocycles. The fourth-order valence-electron chi connectivity index (χ4n) is 2.24. The molecule has 1 unspecified atom stereocenters. The molecule has 1 aromatic heterocycles. The third-order valence-corrected chi connectivity index (χ3v) is 4.58. The molecule has 1 aromatic rings. The lowest BCUT2D eigenvalue weighted by molar-refractivity contribution is 0.0693. The monoisotopic (exact) mass is 342 g/mol. The van der Waals surface area contributed by atoms with Gasteiger partial charge in [-0.2, -0.15) is 0 Å². The van der Waals surface area contributed by atoms with Crippen molar-refractivity contribution in [3.05, 3.63) is 20.3 Å². The van der Waals surface area contributed by atoms with Gasteiger partial charge >= 0.3 is 0 Å². The van der Waals surface area contributed by atoms with Gasteiger partial charge in [-0.1, -0.05) is 30.1 Å². The Bertz CT molecular complexity index is 433. The average Bonchev–Trinajstić information content (AvgIpc) is 2.95. The summed E-state index contributed by atoms with van der Waals surface area (Å²) in [5, 5.41) is 3.29. The normalized spacial score (nSPS) is 18.2. The number of rotatable bonds is 4. The highest BCUT2D eigenvalue weighted by atomic mass is 35.5. The topological polar surface area (TPSA) is 32.3 Å². The van der Waals surface area contributed by atoms with Crippen LogP contribution in [0.4, 0.5) is 0 Å². The van der Waals surface area contributed by atoms with Gasteiger partial charge in [-0.3, -0.25) is 4.79 Å². The van der Waals surface area contributed by atoms with E-state index in [9.17, 15) is 4.79 Å². The summed E-state index contributed by atoms with van der Waals surface area (Å²) in [6.45, 7) is 4.66. The number of hydrogen-bond acceptors (Lipinski definition) is 3. The van der Waals surface area contributed by atoms with Crippen LogP contribution in [0.1, 0.15) is 30.1 Å². The van der Waals surface area contributed by atoms with E-state index in [1.807, 2.05) is 4.90 Å². The summed E-state index contributed by atoms with van der Waals surface area (Å²) in [6, 6.07) is 1.94. The summed E-state index contributed by atoms with van der Waals surface area (Å²) in [6.07, 6.45) is 1.94. The standard InChI is InChI=1S/C12H16Cl2N2OS.ClH/c1-2-5-16(8-3-4-15-7-8)12(17)9-6-10(13)18-11(9)14;/h6,8,15H,2-5,7H2,1H3;1H. The number of amides is 1. The molecule has 3 nitrogen and oxygen atoms in total. The minimum atomic E-state index is -0.00120. The quantitative estimate of drug-likeness (QED) is 0.904. The van der Waals surface area contributed by atoms with Crippen LogP contribution >= 0.6 is 46.9 Å². The molecule has 2 rings (SSSR count).